The average molecular weight is 790 g/mol. The van der Waals surface area contributed by atoms with Crippen LogP contribution >= 0.6 is 0 Å². The van der Waals surface area contributed by atoms with E-state index in [4.69, 9.17) is 18.1 Å². The fraction of sp³-hybridized carbons (Fsp3) is 0.195. The van der Waals surface area contributed by atoms with Crippen molar-refractivity contribution < 1.29 is 38.2 Å². The molecule has 0 aliphatic heterocycles. The molecular formula is C41H37IrN3O-2. The predicted octanol–water partition coefficient (Wildman–Crippen LogP) is 10.2. The molecular weight excluding hydrogens is 743 g/mol. The molecule has 7 rings (SSSR count). The van der Waals surface area contributed by atoms with Gasteiger partial charge in [-0.25, -0.2) is 0 Å². The van der Waals surface area contributed by atoms with Gasteiger partial charge >= 0.3 is 0 Å². The van der Waals surface area contributed by atoms with Gasteiger partial charge < -0.3 is 14.4 Å². The van der Waals surface area contributed by atoms with E-state index in [9.17, 15) is 0 Å². The van der Waals surface area contributed by atoms with E-state index in [-0.39, 0.29) is 36.9 Å². The van der Waals surface area contributed by atoms with Crippen molar-refractivity contribution in [2.75, 3.05) is 0 Å². The summed E-state index contributed by atoms with van der Waals surface area (Å²) in [6, 6.07) is 31.4. The second-order valence-electron chi connectivity index (χ2n) is 11.5. The van der Waals surface area contributed by atoms with E-state index >= 15 is 0 Å². The van der Waals surface area contributed by atoms with Crippen LogP contribution in [0.4, 0.5) is 0 Å². The number of nitrogens with zero attached hydrogens (tertiary/aromatic N) is 3. The van der Waals surface area contributed by atoms with E-state index in [0.29, 0.717) is 55.6 Å². The van der Waals surface area contributed by atoms with Crippen molar-refractivity contribution in [3.05, 3.63) is 150 Å². The third-order valence-electron chi connectivity index (χ3n) is 6.76. The van der Waals surface area contributed by atoms with Gasteiger partial charge in [-0.3, -0.25) is 4.98 Å². The van der Waals surface area contributed by atoms with E-state index in [0.717, 1.165) is 0 Å². The van der Waals surface area contributed by atoms with Crippen LogP contribution in [0.25, 0.3) is 44.5 Å². The van der Waals surface area contributed by atoms with Crippen LogP contribution in [0.15, 0.2) is 114 Å². The van der Waals surface area contributed by atoms with Crippen LogP contribution in [0, 0.1) is 31.3 Å². The number of fused-ring (bicyclic) bond motifs is 3. The number of furan rings is 1. The number of hydrogen-bond acceptors (Lipinski definition) is 4. The Balaban J connectivity index is 0.000000244. The number of hydrogen-bond donors (Lipinski definition) is 0. The molecule has 0 spiro atoms. The van der Waals surface area contributed by atoms with Gasteiger partial charge in [-0.05, 0) is 53.3 Å². The first-order valence-electron chi connectivity index (χ1n) is 19.4. The summed E-state index contributed by atoms with van der Waals surface area (Å²) >= 11 is 0. The van der Waals surface area contributed by atoms with Gasteiger partial charge in [-0.1, -0.05) is 87.1 Å². The number of pyridine rings is 3. The minimum atomic E-state index is -2.18. The SMILES string of the molecule is [2H]C([2H])([2H])c1c[c-]c(-c2ccc(C([2H])([2H])[2H])cn2)cc1.[2H]C([2H])(c1ccccc1)c1nccc2oc3c[c-]c(-c4cc(C([2H])([2H])C(C)(C)C)ccn4)cc3c12.[Ir]. The average Bonchev–Trinajstić information content (AvgIpc) is 3.53. The smallest absolute Gasteiger partial charge is 0.124 e. The number of benzene rings is 3. The first-order valence-corrected chi connectivity index (χ1v) is 14.4. The Labute approximate surface area is 299 Å². The maximum absolute atomic E-state index is 8.88. The maximum atomic E-state index is 8.88. The minimum absolute atomic E-state index is 0. The van der Waals surface area contributed by atoms with Crippen LogP contribution in [0.2, 0.25) is 0 Å². The van der Waals surface area contributed by atoms with Crippen molar-refractivity contribution in [2.45, 2.75) is 47.2 Å². The fourth-order valence-electron chi connectivity index (χ4n) is 4.79. The molecule has 46 heavy (non-hydrogen) atoms. The number of aryl methyl sites for hydroxylation is 2. The molecule has 0 aliphatic carbocycles. The van der Waals surface area contributed by atoms with E-state index < -0.39 is 31.9 Å². The molecule has 0 N–H and O–H groups in total. The van der Waals surface area contributed by atoms with E-state index in [1.165, 1.54) is 24.4 Å². The molecule has 0 saturated heterocycles. The summed E-state index contributed by atoms with van der Waals surface area (Å²) in [4.78, 5) is 13.0. The normalized spacial score (nSPS) is 15.5. The molecule has 0 unspecified atom stereocenters. The molecule has 0 atom stereocenters. The number of aromatic nitrogens is 3. The molecule has 4 aromatic heterocycles. The molecule has 3 aromatic carbocycles. The third-order valence-corrected chi connectivity index (χ3v) is 6.76. The van der Waals surface area contributed by atoms with Gasteiger partial charge in [0.05, 0.1) is 11.3 Å². The molecule has 4 nitrogen and oxygen atoms in total. The third kappa shape index (κ3) is 8.03. The summed E-state index contributed by atoms with van der Waals surface area (Å²) in [5.74, 6) is 0. The quantitative estimate of drug-likeness (QED) is 0.163. The molecule has 4 heterocycles. The second-order valence-corrected chi connectivity index (χ2v) is 11.5. The Morgan fingerprint density at radius 1 is 0.739 bits per heavy atom. The van der Waals surface area contributed by atoms with E-state index in [1.54, 1.807) is 60.9 Å². The van der Waals surface area contributed by atoms with Crippen LogP contribution in [-0.4, -0.2) is 15.0 Å². The summed E-state index contributed by atoms with van der Waals surface area (Å²) in [6.45, 7) is 1.28. The van der Waals surface area contributed by atoms with Gasteiger partial charge in [0.2, 0.25) is 0 Å². The largest absolute Gasteiger partial charge is 0.500 e. The standard InChI is InChI=1S/C28H25N2O.C13H12N.Ir/c1-28(2,3)18-20-11-13-29-23(16-20)21-9-10-25-22(17-21)27-24(30-14-12-26(27)31-25)15-19-7-5-4-6-8-19;1-10-3-6-12(7-4-10)13-8-5-11(2)9-14-13;/h4-8,10-14,16-17H,15,18H2,1-3H3;3-6,8-9H,1-2H3;/q2*-1;/i15D2,18D2;1D3,2D3;. The first-order chi connectivity index (χ1) is 25.7. The van der Waals surface area contributed by atoms with Gasteiger partial charge in [0, 0.05) is 64.2 Å². The molecule has 0 bridgehead atoms. The zero-order valence-electron chi connectivity index (χ0n) is 35.5. The molecule has 7 aromatic rings. The Hall–Kier alpha value is -4.44. The summed E-state index contributed by atoms with van der Waals surface area (Å²) in [5.41, 5.74) is 4.66. The van der Waals surface area contributed by atoms with Gasteiger partial charge in [-0.2, -0.15) is 0 Å². The van der Waals surface area contributed by atoms with Crippen LogP contribution in [0.3, 0.4) is 0 Å². The van der Waals surface area contributed by atoms with E-state index in [2.05, 4.69) is 27.1 Å². The van der Waals surface area contributed by atoms with Gasteiger partial charge in [0.25, 0.3) is 0 Å². The number of rotatable bonds is 5. The van der Waals surface area contributed by atoms with Crippen LogP contribution in [-0.2, 0) is 32.9 Å². The van der Waals surface area contributed by atoms with Gasteiger partial charge in [0.15, 0.2) is 0 Å². The molecule has 5 heteroatoms. The van der Waals surface area contributed by atoms with Gasteiger partial charge in [0.1, 0.15) is 5.58 Å². The predicted molar refractivity (Wildman–Crippen MR) is 184 cm³/mol. The molecule has 0 aliphatic rings. The monoisotopic (exact) mass is 790 g/mol. The maximum Gasteiger partial charge on any atom is 0.124 e. The Morgan fingerprint density at radius 3 is 2.24 bits per heavy atom. The second kappa shape index (κ2) is 14.3. The summed E-state index contributed by atoms with van der Waals surface area (Å²) in [7, 11) is 0. The Kier molecular flexibility index (Phi) is 6.90. The van der Waals surface area contributed by atoms with Gasteiger partial charge in [-0.15, -0.1) is 59.2 Å². The zero-order valence-corrected chi connectivity index (χ0v) is 27.9. The Morgan fingerprint density at radius 2 is 1.52 bits per heavy atom. The van der Waals surface area contributed by atoms with Crippen molar-refractivity contribution in [3.63, 3.8) is 0 Å². The topological polar surface area (TPSA) is 51.8 Å². The molecule has 0 amide bonds. The van der Waals surface area contributed by atoms with Crippen LogP contribution in [0.5, 0.6) is 0 Å². The molecule has 0 saturated carbocycles. The first kappa shape index (κ1) is 22.1. The summed E-state index contributed by atoms with van der Waals surface area (Å²) in [5, 5.41) is 1.32. The van der Waals surface area contributed by atoms with Crippen molar-refractivity contribution >= 4 is 21.9 Å². The molecule has 233 valence electrons. The molecule has 0 fully saturated rings. The van der Waals surface area contributed by atoms with Crippen LogP contribution in [0.1, 0.15) is 62.4 Å². The van der Waals surface area contributed by atoms with Crippen molar-refractivity contribution in [3.8, 4) is 22.5 Å². The van der Waals surface area contributed by atoms with Crippen molar-refractivity contribution in [1.82, 2.24) is 15.0 Å². The molecule has 1 radical (unpaired) electrons. The fourth-order valence-corrected chi connectivity index (χ4v) is 4.79. The van der Waals surface area contributed by atoms with E-state index in [1.807, 2.05) is 45.0 Å². The summed E-state index contributed by atoms with van der Waals surface area (Å²) < 4.78 is 84.7. The Bertz CT molecular complexity index is 2380. The summed E-state index contributed by atoms with van der Waals surface area (Å²) in [6.07, 6.45) is 1.08. The van der Waals surface area contributed by atoms with Crippen molar-refractivity contribution in [2.24, 2.45) is 5.41 Å². The zero-order chi connectivity index (χ0) is 40.0. The minimum Gasteiger partial charge on any atom is -0.500 e. The van der Waals surface area contributed by atoms with Crippen LogP contribution < -0.4 is 0 Å². The van der Waals surface area contributed by atoms with Crippen molar-refractivity contribution in [1.29, 1.82) is 0 Å².